The zero-order valence-corrected chi connectivity index (χ0v) is 16.5. The summed E-state index contributed by atoms with van der Waals surface area (Å²) < 4.78 is 0. The van der Waals surface area contributed by atoms with Gasteiger partial charge in [0.05, 0.1) is 11.9 Å². The highest BCUT2D eigenvalue weighted by atomic mass is 15.1. The number of pyridine rings is 1. The number of hydrogen-bond donors (Lipinski definition) is 0. The van der Waals surface area contributed by atoms with E-state index < -0.39 is 0 Å². The summed E-state index contributed by atoms with van der Waals surface area (Å²) in [6.45, 7) is 7.61. The second-order valence-corrected chi connectivity index (χ2v) is 5.36. The maximum atomic E-state index is 3.92. The lowest BCUT2D eigenvalue weighted by atomic mass is 10.3. The van der Waals surface area contributed by atoms with Crippen LogP contribution in [-0.4, -0.2) is 40.1 Å². The maximum absolute atomic E-state index is 3.92. The molecule has 8 heteroatoms. The predicted octanol–water partition coefficient (Wildman–Crippen LogP) is 3.14. The van der Waals surface area contributed by atoms with Crippen LogP contribution in [0.5, 0.6) is 0 Å². The normalized spacial score (nSPS) is 8.71. The fraction of sp³-hybridized carbons (Fsp3) is 0.200. The average molecular weight is 376 g/mol. The van der Waals surface area contributed by atoms with Crippen molar-refractivity contribution in [2.75, 3.05) is 0 Å². The highest BCUT2D eigenvalue weighted by Gasteiger charge is 1.77. The SMILES string of the molecule is Cc1ccncc1.Cc1cnccn1.Cc1ncccn1.Cc1nccnn1. The van der Waals surface area contributed by atoms with Crippen molar-refractivity contribution in [2.24, 2.45) is 0 Å². The molecule has 0 saturated carbocycles. The van der Waals surface area contributed by atoms with Crippen LogP contribution in [0.2, 0.25) is 0 Å². The summed E-state index contributed by atoms with van der Waals surface area (Å²) in [5, 5.41) is 7.19. The van der Waals surface area contributed by atoms with Crippen LogP contribution >= 0.6 is 0 Å². The molecule has 0 fully saturated rings. The lowest BCUT2D eigenvalue weighted by Gasteiger charge is -1.82. The number of hydrogen-bond acceptors (Lipinski definition) is 8. The number of rotatable bonds is 0. The molecule has 0 spiro atoms. The Bertz CT molecular complexity index is 694. The minimum absolute atomic E-state index is 0.711. The molecule has 0 aromatic carbocycles. The van der Waals surface area contributed by atoms with Crippen LogP contribution in [0, 0.1) is 27.7 Å². The van der Waals surface area contributed by atoms with Gasteiger partial charge in [-0.25, -0.2) is 15.0 Å². The second kappa shape index (κ2) is 14.5. The first-order chi connectivity index (χ1) is 13.6. The number of nitrogens with zero attached hydrogens (tertiary/aromatic N) is 8. The van der Waals surface area contributed by atoms with Gasteiger partial charge in [-0.1, -0.05) is 0 Å². The summed E-state index contributed by atoms with van der Waals surface area (Å²) in [4.78, 5) is 23.1. The van der Waals surface area contributed by atoms with Gasteiger partial charge in [0.15, 0.2) is 0 Å². The number of aryl methyl sites for hydroxylation is 4. The van der Waals surface area contributed by atoms with Crippen molar-refractivity contribution in [2.45, 2.75) is 27.7 Å². The minimum Gasteiger partial charge on any atom is -0.265 e. The van der Waals surface area contributed by atoms with E-state index in [-0.39, 0.29) is 0 Å². The molecule has 4 heterocycles. The van der Waals surface area contributed by atoms with Crippen LogP contribution in [-0.2, 0) is 0 Å². The minimum atomic E-state index is 0.711. The van der Waals surface area contributed by atoms with Gasteiger partial charge in [0.1, 0.15) is 11.6 Å². The first-order valence-corrected chi connectivity index (χ1v) is 8.51. The van der Waals surface area contributed by atoms with Crippen molar-refractivity contribution in [3.63, 3.8) is 0 Å². The molecular weight excluding hydrogens is 352 g/mol. The third-order valence-electron chi connectivity index (χ3n) is 2.83. The van der Waals surface area contributed by atoms with Gasteiger partial charge in [-0.2, -0.15) is 5.10 Å². The van der Waals surface area contributed by atoms with Gasteiger partial charge < -0.3 is 0 Å². The quantitative estimate of drug-likeness (QED) is 0.461. The summed E-state index contributed by atoms with van der Waals surface area (Å²) in [7, 11) is 0. The molecule has 144 valence electrons. The molecule has 0 saturated heterocycles. The van der Waals surface area contributed by atoms with Crippen molar-refractivity contribution in [1.82, 2.24) is 40.1 Å². The topological polar surface area (TPSA) is 103 Å². The van der Waals surface area contributed by atoms with E-state index in [2.05, 4.69) is 40.1 Å². The highest BCUT2D eigenvalue weighted by molar-refractivity contribution is 5.05. The highest BCUT2D eigenvalue weighted by Crippen LogP contribution is 1.88. The van der Waals surface area contributed by atoms with Gasteiger partial charge >= 0.3 is 0 Å². The maximum Gasteiger partial charge on any atom is 0.147 e. The first kappa shape index (κ1) is 22.4. The molecule has 0 unspecified atom stereocenters. The van der Waals surface area contributed by atoms with Gasteiger partial charge in [0.25, 0.3) is 0 Å². The molecule has 0 aliphatic carbocycles. The molecular formula is C20H24N8. The molecule has 4 rings (SSSR count). The molecule has 0 amide bonds. The summed E-state index contributed by atoms with van der Waals surface area (Å²) in [6, 6.07) is 5.74. The third kappa shape index (κ3) is 12.6. The van der Waals surface area contributed by atoms with Crippen LogP contribution in [0.25, 0.3) is 0 Å². The third-order valence-corrected chi connectivity index (χ3v) is 2.83. The molecule has 0 atom stereocenters. The van der Waals surface area contributed by atoms with Crippen molar-refractivity contribution in [3.8, 4) is 0 Å². The van der Waals surface area contributed by atoms with E-state index in [1.165, 1.54) is 5.56 Å². The summed E-state index contributed by atoms with van der Waals surface area (Å²) in [5.74, 6) is 1.53. The van der Waals surface area contributed by atoms with Gasteiger partial charge in [0.2, 0.25) is 0 Å². The molecule has 0 aliphatic rings. The molecule has 0 bridgehead atoms. The van der Waals surface area contributed by atoms with E-state index in [0.717, 1.165) is 11.5 Å². The zero-order valence-electron chi connectivity index (χ0n) is 16.5. The van der Waals surface area contributed by atoms with E-state index in [9.17, 15) is 0 Å². The van der Waals surface area contributed by atoms with Crippen LogP contribution in [0.3, 0.4) is 0 Å². The van der Waals surface area contributed by atoms with Crippen molar-refractivity contribution < 1.29 is 0 Å². The summed E-state index contributed by atoms with van der Waals surface area (Å²) in [5.41, 5.74) is 2.22. The van der Waals surface area contributed by atoms with E-state index in [1.54, 1.807) is 68.8 Å². The Balaban J connectivity index is 0.000000187. The van der Waals surface area contributed by atoms with E-state index in [0.29, 0.717) is 5.82 Å². The standard InChI is InChI=1S/C6H7N.2C5H6N2.C4H5N3/c1-6-2-4-7-5-3-6;1-5-4-6-2-3-7-5;1-5-6-3-2-4-7-5;1-4-5-2-3-6-7-4/h2-5H,1H3;2*2-4H,1H3;2-3H,1H3. The van der Waals surface area contributed by atoms with Crippen molar-refractivity contribution in [3.05, 3.63) is 96.9 Å². The molecule has 8 nitrogen and oxygen atoms in total. The van der Waals surface area contributed by atoms with Gasteiger partial charge in [-0.05, 0) is 51.5 Å². The van der Waals surface area contributed by atoms with Crippen LogP contribution in [0.15, 0.2) is 74.0 Å². The summed E-state index contributed by atoms with van der Waals surface area (Å²) >= 11 is 0. The Morgan fingerprint density at radius 1 is 0.571 bits per heavy atom. The van der Waals surface area contributed by atoms with Gasteiger partial charge in [-0.15, -0.1) is 5.10 Å². The molecule has 4 aromatic heterocycles. The van der Waals surface area contributed by atoms with E-state index in [1.807, 2.05) is 32.9 Å². The van der Waals surface area contributed by atoms with Crippen molar-refractivity contribution >= 4 is 0 Å². The average Bonchev–Trinajstić information content (AvgIpc) is 2.72. The molecule has 0 N–H and O–H groups in total. The van der Waals surface area contributed by atoms with Crippen LogP contribution < -0.4 is 0 Å². The lowest BCUT2D eigenvalue weighted by molar-refractivity contribution is 0.907. The van der Waals surface area contributed by atoms with Gasteiger partial charge in [0, 0.05) is 49.6 Å². The van der Waals surface area contributed by atoms with E-state index in [4.69, 9.17) is 0 Å². The Morgan fingerprint density at radius 2 is 1.21 bits per heavy atom. The monoisotopic (exact) mass is 376 g/mol. The van der Waals surface area contributed by atoms with Crippen molar-refractivity contribution in [1.29, 1.82) is 0 Å². The zero-order chi connectivity index (χ0) is 20.5. The van der Waals surface area contributed by atoms with E-state index >= 15 is 0 Å². The second-order valence-electron chi connectivity index (χ2n) is 5.36. The Hall–Kier alpha value is -3.68. The molecule has 4 aromatic rings. The molecule has 0 aliphatic heterocycles. The first-order valence-electron chi connectivity index (χ1n) is 8.51. The van der Waals surface area contributed by atoms with Gasteiger partial charge in [-0.3, -0.25) is 15.0 Å². The Labute approximate surface area is 165 Å². The van der Waals surface area contributed by atoms with Crippen LogP contribution in [0.4, 0.5) is 0 Å². The Morgan fingerprint density at radius 3 is 1.50 bits per heavy atom. The fourth-order valence-electron chi connectivity index (χ4n) is 1.49. The predicted molar refractivity (Wildman–Crippen MR) is 107 cm³/mol. The fourth-order valence-corrected chi connectivity index (χ4v) is 1.49. The molecule has 0 radical (unpaired) electrons. The molecule has 28 heavy (non-hydrogen) atoms. The number of aromatic nitrogens is 8. The summed E-state index contributed by atoms with van der Waals surface area (Å²) in [6.07, 6.45) is 15.2. The Kier molecular flexibility index (Phi) is 11.6. The lowest BCUT2D eigenvalue weighted by Crippen LogP contribution is -1.85. The van der Waals surface area contributed by atoms with Crippen LogP contribution in [0.1, 0.15) is 22.9 Å². The smallest absolute Gasteiger partial charge is 0.147 e. The largest absolute Gasteiger partial charge is 0.265 e.